The lowest BCUT2D eigenvalue weighted by Crippen LogP contribution is -2.22. The van der Waals surface area contributed by atoms with Crippen molar-refractivity contribution in [3.63, 3.8) is 0 Å². The molecule has 12 heteroatoms. The fourth-order valence-corrected chi connectivity index (χ4v) is 2.45. The Bertz CT molecular complexity index is 992. The Morgan fingerprint density at radius 1 is 1.03 bits per heavy atom. The third kappa shape index (κ3) is 5.41. The smallest absolute Gasteiger partial charge is 0.341 e. The van der Waals surface area contributed by atoms with Gasteiger partial charge in [-0.1, -0.05) is 0 Å². The van der Waals surface area contributed by atoms with Crippen LogP contribution in [0, 0.1) is 20.2 Å². The number of non-ortho nitro benzene ring substituents is 1. The number of hydrogen-bond acceptors (Lipinski definition) is 9. The van der Waals surface area contributed by atoms with Crippen LogP contribution in [0.1, 0.15) is 17.3 Å². The number of carbonyl (C=O) groups is 2. The largest absolute Gasteiger partial charge is 0.494 e. The van der Waals surface area contributed by atoms with Gasteiger partial charge < -0.3 is 20.1 Å². The van der Waals surface area contributed by atoms with Crippen LogP contribution in [0.5, 0.6) is 5.75 Å². The highest BCUT2D eigenvalue weighted by atomic mass is 16.6. The summed E-state index contributed by atoms with van der Waals surface area (Å²) >= 11 is 0. The van der Waals surface area contributed by atoms with Gasteiger partial charge in [-0.15, -0.1) is 0 Å². The molecule has 0 fully saturated rings. The lowest BCUT2D eigenvalue weighted by Gasteiger charge is -2.10. The second-order valence-corrected chi connectivity index (χ2v) is 5.73. The van der Waals surface area contributed by atoms with E-state index in [1.54, 1.807) is 6.92 Å². The van der Waals surface area contributed by atoms with Gasteiger partial charge in [-0.25, -0.2) is 4.79 Å². The van der Waals surface area contributed by atoms with Gasteiger partial charge in [-0.2, -0.15) is 0 Å². The first-order valence-corrected chi connectivity index (χ1v) is 8.61. The summed E-state index contributed by atoms with van der Waals surface area (Å²) in [5.74, 6) is -1.54. The molecule has 158 valence electrons. The van der Waals surface area contributed by atoms with Gasteiger partial charge in [0.15, 0.2) is 6.61 Å². The molecule has 2 aromatic rings. The molecular weight excluding hydrogens is 400 g/mol. The van der Waals surface area contributed by atoms with E-state index in [-0.39, 0.29) is 28.4 Å². The molecule has 2 rings (SSSR count). The lowest BCUT2D eigenvalue weighted by molar-refractivity contribution is -0.384. The van der Waals surface area contributed by atoms with Gasteiger partial charge in [-0.3, -0.25) is 25.0 Å². The molecule has 0 aliphatic heterocycles. The maximum Gasteiger partial charge on any atom is 0.341 e. The van der Waals surface area contributed by atoms with Crippen molar-refractivity contribution < 1.29 is 28.9 Å². The number of anilines is 2. The fraction of sp³-hybridized carbons (Fsp3) is 0.222. The van der Waals surface area contributed by atoms with Gasteiger partial charge in [0.05, 0.1) is 28.1 Å². The quantitative estimate of drug-likeness (QED) is 0.354. The van der Waals surface area contributed by atoms with Crippen molar-refractivity contribution in [3.05, 3.63) is 62.2 Å². The molecule has 0 unspecified atom stereocenters. The van der Waals surface area contributed by atoms with Crippen LogP contribution < -0.4 is 15.4 Å². The highest BCUT2D eigenvalue weighted by Crippen LogP contribution is 2.29. The summed E-state index contributed by atoms with van der Waals surface area (Å²) in [7, 11) is 1.51. The SMILES string of the molecule is CCOc1ccc(NC(=O)COC(=O)c2cc([N+](=O)[O-])ccc2NC)c([N+](=O)[O-])c1. The topological polar surface area (TPSA) is 163 Å². The fourth-order valence-electron chi connectivity index (χ4n) is 2.45. The van der Waals surface area contributed by atoms with Crippen LogP contribution in [0.15, 0.2) is 36.4 Å². The Balaban J connectivity index is 2.10. The van der Waals surface area contributed by atoms with Gasteiger partial charge in [0.2, 0.25) is 0 Å². The number of nitrogens with zero attached hydrogens (tertiary/aromatic N) is 2. The van der Waals surface area contributed by atoms with Crippen LogP contribution >= 0.6 is 0 Å². The van der Waals surface area contributed by atoms with E-state index in [0.717, 1.165) is 12.1 Å². The first-order chi connectivity index (χ1) is 14.3. The minimum atomic E-state index is -0.973. The third-order valence-electron chi connectivity index (χ3n) is 3.79. The Kier molecular flexibility index (Phi) is 7.22. The van der Waals surface area contributed by atoms with E-state index >= 15 is 0 Å². The Hall–Kier alpha value is -4.22. The molecule has 0 saturated carbocycles. The summed E-state index contributed by atoms with van der Waals surface area (Å²) in [6.07, 6.45) is 0. The number of nitrogens with one attached hydrogen (secondary N) is 2. The zero-order valence-electron chi connectivity index (χ0n) is 16.0. The number of benzene rings is 2. The maximum atomic E-state index is 12.3. The summed E-state index contributed by atoms with van der Waals surface area (Å²) in [6.45, 7) is 1.27. The monoisotopic (exact) mass is 418 g/mol. The number of rotatable bonds is 9. The molecule has 0 atom stereocenters. The molecule has 2 aromatic carbocycles. The van der Waals surface area contributed by atoms with E-state index < -0.39 is 34.0 Å². The predicted molar refractivity (Wildman–Crippen MR) is 106 cm³/mol. The predicted octanol–water partition coefficient (Wildman–Crippen LogP) is 2.74. The number of nitro benzene ring substituents is 2. The molecule has 0 spiro atoms. The van der Waals surface area contributed by atoms with Crippen LogP contribution in [0.25, 0.3) is 0 Å². The van der Waals surface area contributed by atoms with Crippen molar-refractivity contribution in [2.45, 2.75) is 6.92 Å². The number of carbonyl (C=O) groups excluding carboxylic acids is 2. The molecule has 0 aromatic heterocycles. The van der Waals surface area contributed by atoms with Crippen molar-refractivity contribution in [1.29, 1.82) is 0 Å². The number of esters is 1. The van der Waals surface area contributed by atoms with Crippen LogP contribution in [0.4, 0.5) is 22.7 Å². The molecule has 0 heterocycles. The standard InChI is InChI=1S/C18H18N4O8/c1-3-29-12-5-7-15(16(9-12)22(27)28)20-17(23)10-30-18(24)13-8-11(21(25)26)4-6-14(13)19-2/h4-9,19H,3,10H2,1-2H3,(H,20,23). The van der Waals surface area contributed by atoms with Crippen LogP contribution in [0.2, 0.25) is 0 Å². The van der Waals surface area contributed by atoms with Crippen LogP contribution in [0.3, 0.4) is 0 Å². The number of hydrogen-bond donors (Lipinski definition) is 2. The average Bonchev–Trinajstić information content (AvgIpc) is 2.72. The summed E-state index contributed by atoms with van der Waals surface area (Å²) < 4.78 is 10.1. The molecule has 0 saturated heterocycles. The Labute approximate surface area is 170 Å². The summed E-state index contributed by atoms with van der Waals surface area (Å²) in [5, 5.41) is 27.1. The van der Waals surface area contributed by atoms with Gasteiger partial charge in [-0.05, 0) is 25.1 Å². The zero-order chi connectivity index (χ0) is 22.3. The minimum absolute atomic E-state index is 0.101. The number of nitro groups is 2. The van der Waals surface area contributed by atoms with Gasteiger partial charge in [0.25, 0.3) is 17.3 Å². The van der Waals surface area contributed by atoms with E-state index in [9.17, 15) is 29.8 Å². The zero-order valence-corrected chi connectivity index (χ0v) is 16.0. The van der Waals surface area contributed by atoms with Crippen molar-refractivity contribution in [2.24, 2.45) is 0 Å². The van der Waals surface area contributed by atoms with Crippen molar-refractivity contribution in [2.75, 3.05) is 30.9 Å². The van der Waals surface area contributed by atoms with E-state index in [0.29, 0.717) is 6.61 Å². The first-order valence-electron chi connectivity index (χ1n) is 8.61. The van der Waals surface area contributed by atoms with E-state index in [1.807, 2.05) is 0 Å². The van der Waals surface area contributed by atoms with Gasteiger partial charge in [0, 0.05) is 24.9 Å². The second kappa shape index (κ2) is 9.82. The molecule has 0 aliphatic carbocycles. The number of amides is 1. The summed E-state index contributed by atoms with van der Waals surface area (Å²) in [4.78, 5) is 45.1. The van der Waals surface area contributed by atoms with E-state index in [2.05, 4.69) is 10.6 Å². The normalized spacial score (nSPS) is 10.1. The molecule has 30 heavy (non-hydrogen) atoms. The molecule has 12 nitrogen and oxygen atoms in total. The molecular formula is C18H18N4O8. The average molecular weight is 418 g/mol. The van der Waals surface area contributed by atoms with Crippen molar-refractivity contribution >= 4 is 34.6 Å². The van der Waals surface area contributed by atoms with Crippen LogP contribution in [-0.2, 0) is 9.53 Å². The summed E-state index contributed by atoms with van der Waals surface area (Å²) in [5.41, 5.74) is -0.678. The molecule has 0 radical (unpaired) electrons. The Morgan fingerprint density at radius 3 is 2.33 bits per heavy atom. The van der Waals surface area contributed by atoms with Crippen molar-refractivity contribution in [1.82, 2.24) is 0 Å². The molecule has 0 bridgehead atoms. The maximum absolute atomic E-state index is 12.3. The lowest BCUT2D eigenvalue weighted by atomic mass is 10.1. The number of ether oxygens (including phenoxy) is 2. The van der Waals surface area contributed by atoms with E-state index in [1.165, 1.54) is 31.3 Å². The Morgan fingerprint density at radius 2 is 1.73 bits per heavy atom. The third-order valence-corrected chi connectivity index (χ3v) is 3.79. The van der Waals surface area contributed by atoms with Gasteiger partial charge >= 0.3 is 5.97 Å². The van der Waals surface area contributed by atoms with Gasteiger partial charge in [0.1, 0.15) is 11.4 Å². The molecule has 1 amide bonds. The highest BCUT2D eigenvalue weighted by molar-refractivity contribution is 5.99. The van der Waals surface area contributed by atoms with Crippen LogP contribution in [-0.4, -0.2) is 42.0 Å². The molecule has 2 N–H and O–H groups in total. The van der Waals surface area contributed by atoms with Crippen molar-refractivity contribution in [3.8, 4) is 5.75 Å². The molecule has 0 aliphatic rings. The minimum Gasteiger partial charge on any atom is -0.494 e. The second-order valence-electron chi connectivity index (χ2n) is 5.73. The summed E-state index contributed by atoms with van der Waals surface area (Å²) in [6, 6.07) is 7.46. The van der Waals surface area contributed by atoms with E-state index in [4.69, 9.17) is 9.47 Å². The highest BCUT2D eigenvalue weighted by Gasteiger charge is 2.21. The first kappa shape index (κ1) is 22.1.